The molecule has 1 nitrogen and oxygen atoms in total. The minimum Gasteiger partial charge on any atom is -1.00 e. The number of thiocarbonyl (C=S) groups is 1. The third-order valence-electron chi connectivity index (χ3n) is 0. The van der Waals surface area contributed by atoms with Gasteiger partial charge in [0.05, 0.1) is 0 Å². The Bertz CT molecular complexity index is 34.5. The Morgan fingerprint density at radius 1 is 1.33 bits per heavy atom. The molecule has 0 saturated heterocycles. The van der Waals surface area contributed by atoms with Crippen molar-refractivity contribution in [2.24, 2.45) is 0 Å². The van der Waals surface area contributed by atoms with Crippen LogP contribution in [-0.2, 0) is 0 Å². The predicted molar refractivity (Wildman–Crippen MR) is 16.0 cm³/mol. The van der Waals surface area contributed by atoms with Gasteiger partial charge in [0.15, 0.2) is 0 Å². The van der Waals surface area contributed by atoms with Gasteiger partial charge in [0.2, 0.25) is 0 Å². The van der Waals surface area contributed by atoms with E-state index in [0.717, 1.165) is 0 Å². The molecule has 6 heavy (non-hydrogen) atoms. The number of nitrogens with zero attached hydrogens (tertiary/aromatic N) is 1. The molecule has 0 N–H and O–H groups in total. The number of hydrogen-bond donors (Lipinski definition) is 0. The van der Waals surface area contributed by atoms with E-state index in [9.17, 15) is 0 Å². The van der Waals surface area contributed by atoms with E-state index in [1.807, 2.05) is 0 Å². The minimum atomic E-state index is 0. The summed E-state index contributed by atoms with van der Waals surface area (Å²) in [5.41, 5.74) is 0. The Hall–Kier alpha value is 2.09. The van der Waals surface area contributed by atoms with Crippen LogP contribution in [0.25, 0.3) is 5.41 Å². The Morgan fingerprint density at radius 2 is 1.33 bits per heavy atom. The molecular weight excluding hydrogens is 140 g/mol. The van der Waals surface area contributed by atoms with Gasteiger partial charge in [0.25, 0.3) is 0 Å². The van der Waals surface area contributed by atoms with Crippen molar-refractivity contribution in [3.63, 3.8) is 0 Å². The zero-order valence-corrected chi connectivity index (χ0v) is 9.31. The van der Waals surface area contributed by atoms with Gasteiger partial charge in [-0.2, -0.15) is 5.16 Å². The summed E-state index contributed by atoms with van der Waals surface area (Å²) in [5, 5.41) is 8.47. The summed E-state index contributed by atoms with van der Waals surface area (Å²) in [5.74, 6) is 0. The Morgan fingerprint density at radius 3 is 1.33 bits per heavy atom. The van der Waals surface area contributed by atoms with Gasteiger partial charge >= 0.3 is 59.1 Å². The fraction of sp³-hybridized carbons (Fsp3) is 0. The number of rotatable bonds is 0. The zero-order valence-electron chi connectivity index (χ0n) is 3.73. The molecule has 0 unspecified atom stereocenters. The molecule has 0 spiro atoms. The van der Waals surface area contributed by atoms with E-state index < -0.39 is 0 Å². The number of halogens is 1. The normalized spacial score (nSPS) is 1.33. The van der Waals surface area contributed by atoms with E-state index in [2.05, 4.69) is 12.2 Å². The van der Waals surface area contributed by atoms with Gasteiger partial charge in [-0.3, -0.25) is 0 Å². The molecule has 0 bridgehead atoms. The van der Waals surface area contributed by atoms with Crippen molar-refractivity contribution >= 4 is 17.4 Å². The third-order valence-corrected chi connectivity index (χ3v) is 0. The third kappa shape index (κ3) is 36.1. The molecular formula is CClNNa2S. The Labute approximate surface area is 92.8 Å². The first-order valence-corrected chi connectivity index (χ1v) is 0.836. The van der Waals surface area contributed by atoms with E-state index in [1.54, 1.807) is 0 Å². The second-order valence-corrected chi connectivity index (χ2v) is 0.274. The molecule has 0 heterocycles. The van der Waals surface area contributed by atoms with Gasteiger partial charge < -0.3 is 17.8 Å². The van der Waals surface area contributed by atoms with Gasteiger partial charge in [-0.25, -0.2) is 0 Å². The maximum absolute atomic E-state index is 7.13. The fourth-order valence-corrected chi connectivity index (χ4v) is 0. The Kier molecular flexibility index (Phi) is 112. The van der Waals surface area contributed by atoms with Crippen LogP contribution in [0.2, 0.25) is 0 Å². The van der Waals surface area contributed by atoms with Gasteiger partial charge in [-0.15, -0.1) is 0 Å². The van der Waals surface area contributed by atoms with Crippen molar-refractivity contribution in [1.82, 2.24) is 0 Å². The van der Waals surface area contributed by atoms with Crippen LogP contribution in [0.15, 0.2) is 0 Å². The molecule has 0 aliphatic carbocycles. The molecule has 5 heteroatoms. The molecule has 0 atom stereocenters. The molecule has 24 valence electrons. The SMILES string of the molecule is [Cl-].[N-]=C=S.[Na+].[Na+]. The van der Waals surface area contributed by atoms with Crippen LogP contribution in [0.4, 0.5) is 0 Å². The molecule has 0 fully saturated rings. The average Bonchev–Trinajstić information content (AvgIpc) is 0.918. The van der Waals surface area contributed by atoms with E-state index in [-0.39, 0.29) is 71.5 Å². The summed E-state index contributed by atoms with van der Waals surface area (Å²) in [7, 11) is 0. The molecule has 0 radical (unpaired) electrons. The molecule has 0 amide bonds. The van der Waals surface area contributed by atoms with Gasteiger partial charge in [0, 0.05) is 0 Å². The van der Waals surface area contributed by atoms with Crippen LogP contribution in [0.3, 0.4) is 0 Å². The second kappa shape index (κ2) is 27.5. The Balaban J connectivity index is -0.00000000667. The summed E-state index contributed by atoms with van der Waals surface area (Å²) >= 11 is 3.70. The molecule has 0 aromatic carbocycles. The van der Waals surface area contributed by atoms with Crippen LogP contribution >= 0.6 is 12.2 Å². The molecule has 0 aliphatic rings. The minimum absolute atomic E-state index is 0. The van der Waals surface area contributed by atoms with Gasteiger partial charge in [0.1, 0.15) is 0 Å². The standard InChI is InChI=1S/CNS.ClH.2Na/c2-1-3;;;/h;1H;;/q-1;;2*+1/p-1. The average molecular weight is 140 g/mol. The van der Waals surface area contributed by atoms with Crippen LogP contribution in [0.5, 0.6) is 0 Å². The van der Waals surface area contributed by atoms with Gasteiger partial charge in [-0.1, -0.05) is 12.2 Å². The van der Waals surface area contributed by atoms with Crippen molar-refractivity contribution in [3.05, 3.63) is 5.41 Å². The first-order chi connectivity index (χ1) is 1.41. The number of isothiocyanates is 1. The first-order valence-electron chi connectivity index (χ1n) is 0.428. The van der Waals surface area contributed by atoms with Crippen molar-refractivity contribution in [2.45, 2.75) is 0 Å². The van der Waals surface area contributed by atoms with Crippen LogP contribution in [0.1, 0.15) is 0 Å². The fourth-order valence-electron chi connectivity index (χ4n) is 0. The summed E-state index contributed by atoms with van der Waals surface area (Å²) in [6.45, 7) is 0. The van der Waals surface area contributed by atoms with Gasteiger partial charge in [-0.05, 0) is 0 Å². The second-order valence-electron chi connectivity index (χ2n) is 0.0913. The van der Waals surface area contributed by atoms with Crippen LogP contribution < -0.4 is 71.5 Å². The monoisotopic (exact) mass is 139 g/mol. The number of hydrogen-bond acceptors (Lipinski definition) is 1. The maximum Gasteiger partial charge on any atom is 1.00 e. The van der Waals surface area contributed by atoms with E-state index >= 15 is 0 Å². The largest absolute Gasteiger partial charge is 1.00 e. The summed E-state index contributed by atoms with van der Waals surface area (Å²) in [4.78, 5) is 0. The van der Waals surface area contributed by atoms with Crippen LogP contribution in [-0.4, -0.2) is 5.16 Å². The predicted octanol–water partition coefficient (Wildman–Crippen LogP) is -8.33. The molecule has 0 rings (SSSR count). The molecule has 0 aromatic rings. The van der Waals surface area contributed by atoms with Crippen molar-refractivity contribution in [1.29, 1.82) is 0 Å². The van der Waals surface area contributed by atoms with E-state index in [0.29, 0.717) is 0 Å². The van der Waals surface area contributed by atoms with Crippen molar-refractivity contribution < 1.29 is 71.5 Å². The van der Waals surface area contributed by atoms with Crippen LogP contribution in [0, 0.1) is 0 Å². The zero-order chi connectivity index (χ0) is 2.71. The maximum atomic E-state index is 7.13. The summed E-state index contributed by atoms with van der Waals surface area (Å²) < 4.78 is 0. The van der Waals surface area contributed by atoms with E-state index in [4.69, 9.17) is 5.41 Å². The summed E-state index contributed by atoms with van der Waals surface area (Å²) in [6.07, 6.45) is 0. The molecule has 0 aliphatic heterocycles. The van der Waals surface area contributed by atoms with Crippen molar-refractivity contribution in [3.8, 4) is 0 Å². The topological polar surface area (TPSA) is 22.3 Å². The summed E-state index contributed by atoms with van der Waals surface area (Å²) in [6, 6.07) is 0. The smallest absolute Gasteiger partial charge is 1.00 e. The molecule has 0 aromatic heterocycles. The van der Waals surface area contributed by atoms with Crippen molar-refractivity contribution in [2.75, 3.05) is 0 Å². The first kappa shape index (κ1) is 24.3. The quantitative estimate of drug-likeness (QED) is 0.186. The molecule has 0 saturated carbocycles. The van der Waals surface area contributed by atoms with E-state index in [1.165, 1.54) is 5.16 Å².